The Morgan fingerprint density at radius 2 is 1.85 bits per heavy atom. The highest BCUT2D eigenvalue weighted by molar-refractivity contribution is 7.17. The fourth-order valence-electron chi connectivity index (χ4n) is 4.10. The van der Waals surface area contributed by atoms with E-state index in [9.17, 15) is 14.4 Å². The zero-order valence-electron chi connectivity index (χ0n) is 15.8. The number of nitrogens with one attached hydrogen (secondary N) is 2. The molecule has 1 atom stereocenters. The minimum Gasteiger partial charge on any atom is -0.481 e. The van der Waals surface area contributed by atoms with Gasteiger partial charge in [-0.05, 0) is 43.6 Å². The van der Waals surface area contributed by atoms with Gasteiger partial charge in [0.05, 0.1) is 5.56 Å². The minimum absolute atomic E-state index is 0.0383. The number of thiophene rings is 1. The van der Waals surface area contributed by atoms with Crippen LogP contribution in [0.4, 0.5) is 5.00 Å². The summed E-state index contributed by atoms with van der Waals surface area (Å²) in [7, 11) is 0. The monoisotopic (exact) mass is 392 g/mol. The molecule has 1 saturated carbocycles. The van der Waals surface area contributed by atoms with Crippen molar-refractivity contribution < 1.29 is 19.5 Å². The van der Waals surface area contributed by atoms with Gasteiger partial charge in [0.25, 0.3) is 5.91 Å². The largest absolute Gasteiger partial charge is 0.481 e. The van der Waals surface area contributed by atoms with Crippen LogP contribution in [-0.4, -0.2) is 28.9 Å². The highest BCUT2D eigenvalue weighted by Gasteiger charge is 2.29. The second-order valence-electron chi connectivity index (χ2n) is 7.83. The highest BCUT2D eigenvalue weighted by atomic mass is 32.1. The lowest BCUT2D eigenvalue weighted by atomic mass is 9.95. The number of anilines is 1. The van der Waals surface area contributed by atoms with E-state index >= 15 is 0 Å². The summed E-state index contributed by atoms with van der Waals surface area (Å²) in [5, 5.41) is 15.5. The summed E-state index contributed by atoms with van der Waals surface area (Å²) < 4.78 is 0. The van der Waals surface area contributed by atoms with Gasteiger partial charge in [-0.3, -0.25) is 14.4 Å². The molecule has 2 aliphatic rings. The van der Waals surface area contributed by atoms with Crippen molar-refractivity contribution in [3.8, 4) is 0 Å². The summed E-state index contributed by atoms with van der Waals surface area (Å²) in [5.74, 6) is -1.45. The van der Waals surface area contributed by atoms with Gasteiger partial charge >= 0.3 is 5.97 Å². The Morgan fingerprint density at radius 1 is 1.11 bits per heavy atom. The Hall–Kier alpha value is -1.89. The molecular formula is C20H28N2O4S. The van der Waals surface area contributed by atoms with E-state index in [4.69, 9.17) is 5.11 Å². The Balaban J connectivity index is 1.70. The Morgan fingerprint density at radius 3 is 2.56 bits per heavy atom. The summed E-state index contributed by atoms with van der Waals surface area (Å²) in [6.45, 7) is 1.75. The molecule has 0 spiro atoms. The molecule has 1 unspecified atom stereocenters. The van der Waals surface area contributed by atoms with Crippen LogP contribution in [0.3, 0.4) is 0 Å². The maximum Gasteiger partial charge on any atom is 0.303 e. The first-order valence-corrected chi connectivity index (χ1v) is 10.7. The van der Waals surface area contributed by atoms with Crippen LogP contribution in [0.15, 0.2) is 0 Å². The number of carboxylic acids is 1. The van der Waals surface area contributed by atoms with Crippen molar-refractivity contribution in [3.63, 3.8) is 0 Å². The second-order valence-corrected chi connectivity index (χ2v) is 8.93. The van der Waals surface area contributed by atoms with Crippen molar-refractivity contribution in [2.24, 2.45) is 5.92 Å². The van der Waals surface area contributed by atoms with Crippen LogP contribution in [0.5, 0.6) is 0 Å². The molecule has 0 aromatic carbocycles. The van der Waals surface area contributed by atoms with Crippen molar-refractivity contribution in [2.45, 2.75) is 77.2 Å². The predicted octanol–water partition coefficient (Wildman–Crippen LogP) is 3.74. The molecule has 3 N–H and O–H groups in total. The third-order valence-corrected chi connectivity index (χ3v) is 6.61. The van der Waals surface area contributed by atoms with E-state index in [1.54, 1.807) is 6.92 Å². The molecule has 27 heavy (non-hydrogen) atoms. The molecule has 0 radical (unpaired) electrons. The molecule has 0 aliphatic heterocycles. The Bertz CT molecular complexity index is 722. The Kier molecular flexibility index (Phi) is 6.52. The number of aliphatic carboxylic acids is 1. The predicted molar refractivity (Wildman–Crippen MR) is 105 cm³/mol. The van der Waals surface area contributed by atoms with E-state index in [0.29, 0.717) is 10.6 Å². The molecule has 7 heteroatoms. The van der Waals surface area contributed by atoms with Gasteiger partial charge in [0.15, 0.2) is 0 Å². The number of hydrogen-bond acceptors (Lipinski definition) is 4. The Labute approximate surface area is 163 Å². The number of aryl methyl sites for hydroxylation is 1. The second kappa shape index (κ2) is 8.87. The summed E-state index contributed by atoms with van der Waals surface area (Å²) >= 11 is 1.50. The van der Waals surface area contributed by atoms with Gasteiger partial charge < -0.3 is 15.7 Å². The summed E-state index contributed by atoms with van der Waals surface area (Å²) in [6, 6.07) is 0.224. The molecule has 1 aromatic heterocycles. The smallest absolute Gasteiger partial charge is 0.303 e. The lowest BCUT2D eigenvalue weighted by Gasteiger charge is -2.23. The maximum atomic E-state index is 13.0. The van der Waals surface area contributed by atoms with E-state index in [1.807, 2.05) is 0 Å². The highest BCUT2D eigenvalue weighted by Crippen LogP contribution is 2.39. The maximum absolute atomic E-state index is 13.0. The summed E-state index contributed by atoms with van der Waals surface area (Å²) in [4.78, 5) is 37.3. The lowest BCUT2D eigenvalue weighted by molar-refractivity contribution is -0.138. The zero-order valence-corrected chi connectivity index (χ0v) is 16.6. The molecule has 1 fully saturated rings. The first-order valence-electron chi connectivity index (χ1n) is 9.91. The lowest BCUT2D eigenvalue weighted by Crippen LogP contribution is -2.36. The van der Waals surface area contributed by atoms with E-state index in [-0.39, 0.29) is 36.6 Å². The number of carboxylic acid groups (broad SMARTS) is 1. The topological polar surface area (TPSA) is 95.5 Å². The van der Waals surface area contributed by atoms with Gasteiger partial charge in [0.2, 0.25) is 5.91 Å². The average Bonchev–Trinajstić information content (AvgIpc) is 3.15. The average molecular weight is 393 g/mol. The fourth-order valence-corrected chi connectivity index (χ4v) is 5.40. The van der Waals surface area contributed by atoms with Crippen LogP contribution in [0.25, 0.3) is 0 Å². The minimum atomic E-state index is -0.905. The molecular weight excluding hydrogens is 364 g/mol. The first-order chi connectivity index (χ1) is 12.9. The number of carbonyl (C=O) groups excluding carboxylic acids is 2. The van der Waals surface area contributed by atoms with Crippen LogP contribution < -0.4 is 10.6 Å². The normalized spacial score (nSPS) is 18.0. The number of carbonyl (C=O) groups is 3. The molecule has 3 rings (SSSR count). The van der Waals surface area contributed by atoms with Crippen LogP contribution in [-0.2, 0) is 22.4 Å². The van der Waals surface area contributed by atoms with Crippen LogP contribution in [0, 0.1) is 5.92 Å². The van der Waals surface area contributed by atoms with Crippen molar-refractivity contribution in [2.75, 3.05) is 5.32 Å². The molecule has 2 aliphatic carbocycles. The summed E-state index contributed by atoms with van der Waals surface area (Å²) in [5.41, 5.74) is 1.72. The van der Waals surface area contributed by atoms with Gasteiger partial charge in [-0.2, -0.15) is 0 Å². The van der Waals surface area contributed by atoms with Crippen LogP contribution in [0.2, 0.25) is 0 Å². The molecule has 1 heterocycles. The van der Waals surface area contributed by atoms with Crippen molar-refractivity contribution in [1.29, 1.82) is 0 Å². The summed E-state index contributed by atoms with van der Waals surface area (Å²) in [6.07, 6.45) is 8.56. The van der Waals surface area contributed by atoms with Crippen LogP contribution in [0.1, 0.15) is 79.1 Å². The van der Waals surface area contributed by atoms with Gasteiger partial charge in [0.1, 0.15) is 5.00 Å². The fraction of sp³-hybridized carbons (Fsp3) is 0.650. The van der Waals surface area contributed by atoms with E-state index in [0.717, 1.165) is 50.5 Å². The molecule has 148 valence electrons. The van der Waals surface area contributed by atoms with Gasteiger partial charge in [0, 0.05) is 23.8 Å². The van der Waals surface area contributed by atoms with Crippen molar-refractivity contribution >= 4 is 34.1 Å². The van der Waals surface area contributed by atoms with Crippen LogP contribution >= 0.6 is 11.3 Å². The molecule has 0 saturated heterocycles. The zero-order chi connectivity index (χ0) is 19.4. The standard InChI is InChI=1S/C20H28N2O4S/c1-12(11-17(24)25)10-16(23)22-20-18(14-8-5-9-15(14)27-20)19(26)21-13-6-3-2-4-7-13/h12-13H,2-11H2,1H3,(H,21,26)(H,22,23)(H,24,25). The van der Waals surface area contributed by atoms with Crippen molar-refractivity contribution in [3.05, 3.63) is 16.0 Å². The van der Waals surface area contributed by atoms with Gasteiger partial charge in [-0.15, -0.1) is 11.3 Å². The SMILES string of the molecule is CC(CC(=O)O)CC(=O)Nc1sc2c(c1C(=O)NC1CCCCC1)CCC2. The third-order valence-electron chi connectivity index (χ3n) is 5.40. The van der Waals surface area contributed by atoms with E-state index in [1.165, 1.54) is 22.6 Å². The molecule has 1 aromatic rings. The molecule has 6 nitrogen and oxygen atoms in total. The first kappa shape index (κ1) is 19.9. The van der Waals surface area contributed by atoms with Gasteiger partial charge in [-0.25, -0.2) is 0 Å². The number of amides is 2. The molecule has 2 amide bonds. The molecule has 0 bridgehead atoms. The number of hydrogen-bond donors (Lipinski definition) is 3. The quantitative estimate of drug-likeness (QED) is 0.659. The van der Waals surface area contributed by atoms with E-state index < -0.39 is 5.97 Å². The van der Waals surface area contributed by atoms with Gasteiger partial charge in [-0.1, -0.05) is 26.2 Å². The van der Waals surface area contributed by atoms with Crippen molar-refractivity contribution in [1.82, 2.24) is 5.32 Å². The van der Waals surface area contributed by atoms with E-state index in [2.05, 4.69) is 10.6 Å². The number of rotatable bonds is 7. The number of fused-ring (bicyclic) bond motifs is 1. The third kappa shape index (κ3) is 5.09.